The lowest BCUT2D eigenvalue weighted by Crippen LogP contribution is -2.05. The molecule has 1 aliphatic rings. The lowest BCUT2D eigenvalue weighted by atomic mass is 9.95. The van der Waals surface area contributed by atoms with Gasteiger partial charge in [-0.25, -0.2) is 0 Å². The first kappa shape index (κ1) is 8.61. The normalized spacial score (nSPS) is 17.6. The third-order valence-electron chi connectivity index (χ3n) is 3.44. The topological polar surface area (TPSA) is 4.93 Å². The molecule has 1 nitrogen and oxygen atoms in total. The van der Waals surface area contributed by atoms with Crippen LogP contribution in [0.1, 0.15) is 18.4 Å². The summed E-state index contributed by atoms with van der Waals surface area (Å²) in [6, 6.07) is 8.57. The molecule has 1 saturated carbocycles. The number of aryl methyl sites for hydroxylation is 1. The number of fused-ring (bicyclic) bond motifs is 1. The summed E-state index contributed by atoms with van der Waals surface area (Å²) < 4.78 is 2.17. The van der Waals surface area contributed by atoms with Crippen molar-refractivity contribution >= 4 is 10.9 Å². The molecule has 0 atom stereocenters. The van der Waals surface area contributed by atoms with Crippen molar-refractivity contribution in [3.63, 3.8) is 0 Å². The fourth-order valence-corrected chi connectivity index (χ4v) is 2.36. The largest absolute Gasteiger partial charge is 0.350 e. The van der Waals surface area contributed by atoms with Crippen molar-refractivity contribution < 1.29 is 0 Å². The van der Waals surface area contributed by atoms with E-state index in [-0.39, 0.29) is 5.41 Å². The van der Waals surface area contributed by atoms with E-state index >= 15 is 0 Å². The van der Waals surface area contributed by atoms with Crippen molar-refractivity contribution in [1.29, 1.82) is 0 Å². The highest BCUT2D eigenvalue weighted by Crippen LogP contribution is 2.49. The van der Waals surface area contributed by atoms with Crippen molar-refractivity contribution in [2.75, 3.05) is 0 Å². The van der Waals surface area contributed by atoms with Crippen molar-refractivity contribution in [3.05, 3.63) is 36.0 Å². The Balaban J connectivity index is 2.36. The van der Waals surface area contributed by atoms with Crippen LogP contribution in [-0.4, -0.2) is 4.57 Å². The molecule has 1 heterocycles. The van der Waals surface area contributed by atoms with E-state index in [2.05, 4.69) is 48.0 Å². The molecule has 1 aliphatic carbocycles. The first-order chi connectivity index (χ1) is 7.27. The monoisotopic (exact) mass is 195 g/mol. The molecule has 0 bridgehead atoms. The molecule has 1 heteroatoms. The van der Waals surface area contributed by atoms with Crippen LogP contribution < -0.4 is 0 Å². The van der Waals surface area contributed by atoms with Gasteiger partial charge in [0.15, 0.2) is 0 Å². The number of hydrogen-bond donors (Lipinski definition) is 0. The number of nitrogens with zero attached hydrogens (tertiary/aromatic N) is 1. The van der Waals surface area contributed by atoms with Gasteiger partial charge in [-0.05, 0) is 29.9 Å². The second kappa shape index (κ2) is 2.67. The summed E-state index contributed by atoms with van der Waals surface area (Å²) in [6.45, 7) is 0. The molecule has 2 aromatic rings. The van der Waals surface area contributed by atoms with E-state index in [0.717, 1.165) is 12.8 Å². The maximum atomic E-state index is 5.65. The minimum absolute atomic E-state index is 0.0334. The number of hydrogen-bond acceptors (Lipinski definition) is 0. The lowest BCUT2D eigenvalue weighted by molar-refractivity contribution is 0.901. The van der Waals surface area contributed by atoms with Gasteiger partial charge in [-0.15, -0.1) is 6.42 Å². The first-order valence-corrected chi connectivity index (χ1v) is 5.29. The molecule has 0 amide bonds. The van der Waals surface area contributed by atoms with Crippen molar-refractivity contribution in [2.24, 2.45) is 7.05 Å². The number of terminal acetylenes is 1. The van der Waals surface area contributed by atoms with Crippen LogP contribution in [0.4, 0.5) is 0 Å². The molecule has 74 valence electrons. The van der Waals surface area contributed by atoms with Crippen LogP contribution in [0.5, 0.6) is 0 Å². The molecule has 0 unspecified atom stereocenters. The Hall–Kier alpha value is -1.68. The summed E-state index contributed by atoms with van der Waals surface area (Å²) in [5.74, 6) is 2.96. The summed E-state index contributed by atoms with van der Waals surface area (Å²) in [7, 11) is 2.08. The molecular weight excluding hydrogens is 182 g/mol. The van der Waals surface area contributed by atoms with Crippen molar-refractivity contribution in [2.45, 2.75) is 18.3 Å². The fraction of sp³-hybridized carbons (Fsp3) is 0.286. The Kier molecular flexibility index (Phi) is 1.53. The quantitative estimate of drug-likeness (QED) is 0.617. The van der Waals surface area contributed by atoms with Gasteiger partial charge in [0.05, 0.1) is 10.9 Å². The SMILES string of the molecule is C#CC1(c2cccc3ccn(C)c23)CC1. The molecule has 1 aromatic heterocycles. The number of benzene rings is 1. The summed E-state index contributed by atoms with van der Waals surface area (Å²) in [6.07, 6.45) is 10.0. The highest BCUT2D eigenvalue weighted by molar-refractivity contribution is 5.85. The molecule has 1 fully saturated rings. The number of aromatic nitrogens is 1. The standard InChI is InChI=1S/C14H13N/c1-3-14(8-9-14)12-6-4-5-11-7-10-15(2)13(11)12/h1,4-7,10H,8-9H2,2H3. The second-order valence-corrected chi connectivity index (χ2v) is 4.40. The van der Waals surface area contributed by atoms with Crippen LogP contribution in [-0.2, 0) is 12.5 Å². The van der Waals surface area contributed by atoms with Crippen LogP contribution in [0.15, 0.2) is 30.5 Å². The molecular formula is C14H13N. The van der Waals surface area contributed by atoms with Crippen LogP contribution in [0, 0.1) is 12.3 Å². The average Bonchev–Trinajstić information content (AvgIpc) is 2.98. The Morgan fingerprint density at radius 2 is 2.13 bits per heavy atom. The zero-order valence-electron chi connectivity index (χ0n) is 8.83. The van der Waals surface area contributed by atoms with E-state index in [0.29, 0.717) is 0 Å². The highest BCUT2D eigenvalue weighted by atomic mass is 14.9. The number of rotatable bonds is 1. The molecule has 1 aromatic carbocycles. The van der Waals surface area contributed by atoms with E-state index in [4.69, 9.17) is 6.42 Å². The van der Waals surface area contributed by atoms with E-state index < -0.39 is 0 Å². The highest BCUT2D eigenvalue weighted by Gasteiger charge is 2.43. The molecule has 0 spiro atoms. The zero-order chi connectivity index (χ0) is 10.5. The summed E-state index contributed by atoms with van der Waals surface area (Å²) >= 11 is 0. The first-order valence-electron chi connectivity index (χ1n) is 5.29. The summed E-state index contributed by atoms with van der Waals surface area (Å²) in [4.78, 5) is 0. The second-order valence-electron chi connectivity index (χ2n) is 4.40. The maximum Gasteiger partial charge on any atom is 0.0582 e. The predicted octanol–water partition coefficient (Wildman–Crippen LogP) is 2.84. The predicted molar refractivity (Wildman–Crippen MR) is 62.7 cm³/mol. The smallest absolute Gasteiger partial charge is 0.0582 e. The molecule has 15 heavy (non-hydrogen) atoms. The van der Waals surface area contributed by atoms with E-state index in [1.54, 1.807) is 0 Å². The Labute approximate surface area is 89.7 Å². The van der Waals surface area contributed by atoms with Gasteiger partial charge in [-0.3, -0.25) is 0 Å². The van der Waals surface area contributed by atoms with Crippen molar-refractivity contribution in [3.8, 4) is 12.3 Å². The van der Waals surface area contributed by atoms with E-state index in [1.165, 1.54) is 16.5 Å². The molecule has 0 radical (unpaired) electrons. The van der Waals surface area contributed by atoms with Gasteiger partial charge in [0.25, 0.3) is 0 Å². The van der Waals surface area contributed by atoms with Gasteiger partial charge in [0.1, 0.15) is 0 Å². The van der Waals surface area contributed by atoms with Gasteiger partial charge < -0.3 is 4.57 Å². The third kappa shape index (κ3) is 1.05. The number of para-hydroxylation sites is 1. The molecule has 3 rings (SSSR count). The van der Waals surface area contributed by atoms with E-state index in [9.17, 15) is 0 Å². The Morgan fingerprint density at radius 3 is 2.80 bits per heavy atom. The molecule has 0 aliphatic heterocycles. The minimum atomic E-state index is 0.0334. The minimum Gasteiger partial charge on any atom is -0.350 e. The zero-order valence-corrected chi connectivity index (χ0v) is 8.83. The van der Waals surface area contributed by atoms with Crippen LogP contribution in [0.25, 0.3) is 10.9 Å². The summed E-state index contributed by atoms with van der Waals surface area (Å²) in [5.41, 5.74) is 2.66. The third-order valence-corrected chi connectivity index (χ3v) is 3.44. The van der Waals surface area contributed by atoms with Gasteiger partial charge >= 0.3 is 0 Å². The Morgan fingerprint density at radius 1 is 1.33 bits per heavy atom. The molecule has 0 N–H and O–H groups in total. The van der Waals surface area contributed by atoms with Gasteiger partial charge in [-0.1, -0.05) is 24.1 Å². The lowest BCUT2D eigenvalue weighted by Gasteiger charge is -2.11. The maximum absolute atomic E-state index is 5.65. The fourth-order valence-electron chi connectivity index (χ4n) is 2.36. The van der Waals surface area contributed by atoms with E-state index in [1.807, 2.05) is 0 Å². The summed E-state index contributed by atoms with van der Waals surface area (Å²) in [5, 5.41) is 1.29. The van der Waals surface area contributed by atoms with Crippen LogP contribution in [0.3, 0.4) is 0 Å². The molecule has 0 saturated heterocycles. The van der Waals surface area contributed by atoms with Crippen molar-refractivity contribution in [1.82, 2.24) is 4.57 Å². The van der Waals surface area contributed by atoms with Gasteiger partial charge in [0, 0.05) is 13.2 Å². The van der Waals surface area contributed by atoms with Crippen LogP contribution in [0.2, 0.25) is 0 Å². The van der Waals surface area contributed by atoms with Crippen LogP contribution >= 0.6 is 0 Å². The Bertz CT molecular complexity index is 565. The van der Waals surface area contributed by atoms with Gasteiger partial charge in [-0.2, -0.15) is 0 Å². The van der Waals surface area contributed by atoms with Gasteiger partial charge in [0.2, 0.25) is 0 Å². The average molecular weight is 195 g/mol.